The second-order valence-electron chi connectivity index (χ2n) is 4.63. The molecule has 0 nitrogen and oxygen atoms in total. The van der Waals surface area contributed by atoms with Gasteiger partial charge in [-0.05, 0) is 24.7 Å². The Morgan fingerprint density at radius 1 is 1.36 bits per heavy atom. The highest BCUT2D eigenvalue weighted by molar-refractivity contribution is 4.92. The second kappa shape index (κ2) is 3.94. The van der Waals surface area contributed by atoms with Crippen molar-refractivity contribution in [2.75, 3.05) is 0 Å². The molecule has 66 valence electrons. The molecule has 0 radical (unpaired) electrons. The normalized spacial score (nSPS) is 14.6. The summed E-state index contributed by atoms with van der Waals surface area (Å²) in [6.07, 6.45) is 2.44. The van der Waals surface area contributed by atoms with E-state index in [1.165, 1.54) is 18.4 Å². The Morgan fingerprint density at radius 2 is 1.82 bits per heavy atom. The van der Waals surface area contributed by atoms with Gasteiger partial charge in [0.15, 0.2) is 0 Å². The van der Waals surface area contributed by atoms with Crippen LogP contribution in [0.3, 0.4) is 0 Å². The molecule has 0 amide bonds. The molecule has 0 aromatic rings. The fourth-order valence-electron chi connectivity index (χ4n) is 1.48. The van der Waals surface area contributed by atoms with Crippen molar-refractivity contribution < 1.29 is 0 Å². The second-order valence-corrected chi connectivity index (χ2v) is 4.63. The largest absolute Gasteiger partial charge is 0.100 e. The van der Waals surface area contributed by atoms with Crippen LogP contribution in [0.15, 0.2) is 12.2 Å². The first-order valence-electron chi connectivity index (χ1n) is 4.52. The Labute approximate surface area is 71.7 Å². The predicted octanol–water partition coefficient (Wildman–Crippen LogP) is 4.02. The zero-order chi connectivity index (χ0) is 9.07. The molecular weight excluding hydrogens is 132 g/mol. The van der Waals surface area contributed by atoms with Crippen molar-refractivity contribution in [1.82, 2.24) is 0 Å². The van der Waals surface area contributed by atoms with Crippen LogP contribution in [0.2, 0.25) is 0 Å². The zero-order valence-corrected chi connectivity index (χ0v) is 8.70. The summed E-state index contributed by atoms with van der Waals surface area (Å²) >= 11 is 0. The Bertz CT molecular complexity index is 125. The van der Waals surface area contributed by atoms with Gasteiger partial charge in [-0.2, -0.15) is 0 Å². The maximum Gasteiger partial charge on any atom is -0.0292 e. The average Bonchev–Trinajstić information content (AvgIpc) is 1.79. The lowest BCUT2D eigenvalue weighted by Crippen LogP contribution is -2.19. The lowest BCUT2D eigenvalue weighted by molar-refractivity contribution is 0.231. The molecule has 1 unspecified atom stereocenters. The van der Waals surface area contributed by atoms with Gasteiger partial charge in [0.25, 0.3) is 0 Å². The Hall–Kier alpha value is -0.260. The summed E-state index contributed by atoms with van der Waals surface area (Å²) in [5.74, 6) is 0.792. The van der Waals surface area contributed by atoms with E-state index in [9.17, 15) is 0 Å². The van der Waals surface area contributed by atoms with Gasteiger partial charge in [-0.25, -0.2) is 0 Å². The van der Waals surface area contributed by atoms with Crippen molar-refractivity contribution in [1.29, 1.82) is 0 Å². The van der Waals surface area contributed by atoms with Crippen molar-refractivity contribution in [3.63, 3.8) is 0 Å². The minimum atomic E-state index is 0.438. The molecule has 11 heavy (non-hydrogen) atoms. The van der Waals surface area contributed by atoms with Crippen molar-refractivity contribution >= 4 is 0 Å². The van der Waals surface area contributed by atoms with E-state index in [4.69, 9.17) is 0 Å². The molecule has 0 spiro atoms. The fraction of sp³-hybridized carbons (Fsp3) is 0.818. The summed E-state index contributed by atoms with van der Waals surface area (Å²) in [7, 11) is 0. The number of hydrogen-bond donors (Lipinski definition) is 0. The molecule has 0 aliphatic carbocycles. The molecule has 0 N–H and O–H groups in total. The number of rotatable bonds is 3. The Balaban J connectivity index is 4.07. The van der Waals surface area contributed by atoms with Gasteiger partial charge < -0.3 is 0 Å². The van der Waals surface area contributed by atoms with E-state index in [1.54, 1.807) is 0 Å². The molecule has 0 rings (SSSR count). The molecule has 0 aromatic heterocycles. The third-order valence-electron chi connectivity index (χ3n) is 2.31. The molecular formula is C11H22. The van der Waals surface area contributed by atoms with E-state index in [2.05, 4.69) is 41.2 Å². The van der Waals surface area contributed by atoms with E-state index in [0.29, 0.717) is 5.41 Å². The van der Waals surface area contributed by atoms with Gasteiger partial charge in [0, 0.05) is 0 Å². The molecule has 0 aliphatic heterocycles. The summed E-state index contributed by atoms with van der Waals surface area (Å²) in [5.41, 5.74) is 1.75. The third kappa shape index (κ3) is 4.23. The maximum atomic E-state index is 3.96. The van der Waals surface area contributed by atoms with E-state index in [1.807, 2.05) is 0 Å². The minimum Gasteiger partial charge on any atom is -0.100 e. The monoisotopic (exact) mass is 154 g/mol. The molecule has 0 bridgehead atoms. The van der Waals surface area contributed by atoms with E-state index in [0.717, 1.165) is 5.92 Å². The van der Waals surface area contributed by atoms with E-state index >= 15 is 0 Å². The smallest absolute Gasteiger partial charge is 0.0292 e. The molecule has 0 heteroatoms. The van der Waals surface area contributed by atoms with Crippen LogP contribution < -0.4 is 0 Å². The molecule has 0 fully saturated rings. The third-order valence-corrected chi connectivity index (χ3v) is 2.31. The van der Waals surface area contributed by atoms with Crippen LogP contribution >= 0.6 is 0 Å². The summed E-state index contributed by atoms with van der Waals surface area (Å²) in [6, 6.07) is 0. The van der Waals surface area contributed by atoms with Gasteiger partial charge in [0.05, 0.1) is 0 Å². The molecule has 0 saturated heterocycles. The van der Waals surface area contributed by atoms with E-state index in [-0.39, 0.29) is 0 Å². The van der Waals surface area contributed by atoms with Crippen LogP contribution in [0, 0.1) is 11.3 Å². The molecule has 0 heterocycles. The Morgan fingerprint density at radius 3 is 1.91 bits per heavy atom. The summed E-state index contributed by atoms with van der Waals surface area (Å²) < 4.78 is 0. The first-order valence-corrected chi connectivity index (χ1v) is 4.52. The molecule has 0 saturated carbocycles. The van der Waals surface area contributed by atoms with Crippen LogP contribution in [0.25, 0.3) is 0 Å². The highest BCUT2D eigenvalue weighted by Gasteiger charge is 2.22. The van der Waals surface area contributed by atoms with Crippen LogP contribution in [0.4, 0.5) is 0 Å². The summed E-state index contributed by atoms with van der Waals surface area (Å²) in [4.78, 5) is 0. The van der Waals surface area contributed by atoms with Gasteiger partial charge >= 0.3 is 0 Å². The van der Waals surface area contributed by atoms with Crippen LogP contribution in [-0.2, 0) is 0 Å². The topological polar surface area (TPSA) is 0 Å². The van der Waals surface area contributed by atoms with Crippen LogP contribution in [-0.4, -0.2) is 0 Å². The lowest BCUT2D eigenvalue weighted by Gasteiger charge is -2.29. The SMILES string of the molecule is C=C(C)CC(CC)C(C)(C)C. The standard InChI is InChI=1S/C11H22/c1-7-10(8-9(2)3)11(4,5)6/h10H,2,7-8H2,1,3-6H3. The Kier molecular flexibility index (Phi) is 3.85. The van der Waals surface area contributed by atoms with Gasteiger partial charge in [0.2, 0.25) is 0 Å². The predicted molar refractivity (Wildman–Crippen MR) is 52.7 cm³/mol. The van der Waals surface area contributed by atoms with Crippen molar-refractivity contribution in [3.8, 4) is 0 Å². The maximum absolute atomic E-state index is 3.96. The molecule has 1 atom stereocenters. The van der Waals surface area contributed by atoms with Crippen LogP contribution in [0.1, 0.15) is 47.5 Å². The van der Waals surface area contributed by atoms with Gasteiger partial charge in [0.1, 0.15) is 0 Å². The number of allylic oxidation sites excluding steroid dienone is 1. The van der Waals surface area contributed by atoms with Gasteiger partial charge in [-0.15, -0.1) is 6.58 Å². The quantitative estimate of drug-likeness (QED) is 0.538. The highest BCUT2D eigenvalue weighted by atomic mass is 14.3. The molecule has 0 aliphatic rings. The number of hydrogen-bond acceptors (Lipinski definition) is 0. The minimum absolute atomic E-state index is 0.438. The summed E-state index contributed by atoms with van der Waals surface area (Å²) in [6.45, 7) is 15.3. The van der Waals surface area contributed by atoms with Crippen molar-refractivity contribution in [3.05, 3.63) is 12.2 Å². The average molecular weight is 154 g/mol. The molecule has 0 aromatic carbocycles. The van der Waals surface area contributed by atoms with Gasteiger partial charge in [-0.3, -0.25) is 0 Å². The first-order chi connectivity index (χ1) is 4.88. The fourth-order valence-corrected chi connectivity index (χ4v) is 1.48. The van der Waals surface area contributed by atoms with Crippen LogP contribution in [0.5, 0.6) is 0 Å². The highest BCUT2D eigenvalue weighted by Crippen LogP contribution is 2.32. The van der Waals surface area contributed by atoms with Gasteiger partial charge in [-0.1, -0.05) is 39.7 Å². The van der Waals surface area contributed by atoms with Crippen molar-refractivity contribution in [2.45, 2.75) is 47.5 Å². The van der Waals surface area contributed by atoms with Crippen molar-refractivity contribution in [2.24, 2.45) is 11.3 Å². The van der Waals surface area contributed by atoms with E-state index < -0.39 is 0 Å². The summed E-state index contributed by atoms with van der Waals surface area (Å²) in [5, 5.41) is 0. The first kappa shape index (κ1) is 10.7. The zero-order valence-electron chi connectivity index (χ0n) is 8.70. The lowest BCUT2D eigenvalue weighted by atomic mass is 9.76.